The minimum Gasteiger partial charge on any atom is -0.392 e. The van der Waals surface area contributed by atoms with Gasteiger partial charge in [-0.15, -0.1) is 0 Å². The van der Waals surface area contributed by atoms with Crippen molar-refractivity contribution in [1.29, 1.82) is 0 Å². The van der Waals surface area contributed by atoms with Crippen LogP contribution < -0.4 is 5.73 Å². The minimum atomic E-state index is -0.333. The lowest BCUT2D eigenvalue weighted by Crippen LogP contribution is -2.34. The van der Waals surface area contributed by atoms with Gasteiger partial charge in [0.05, 0.1) is 12.7 Å². The van der Waals surface area contributed by atoms with Crippen LogP contribution in [0.3, 0.4) is 0 Å². The number of nitrogens with two attached hydrogens (primary N) is 1. The SMILES string of the molecule is CCC(CN)C(O)C(C)COC. The highest BCUT2D eigenvalue weighted by Gasteiger charge is 2.21. The van der Waals surface area contributed by atoms with E-state index in [4.69, 9.17) is 10.5 Å². The summed E-state index contributed by atoms with van der Waals surface area (Å²) in [4.78, 5) is 0. The van der Waals surface area contributed by atoms with Crippen molar-refractivity contribution in [3.05, 3.63) is 0 Å². The summed E-state index contributed by atoms with van der Waals surface area (Å²) >= 11 is 0. The van der Waals surface area contributed by atoms with E-state index in [1.807, 2.05) is 13.8 Å². The van der Waals surface area contributed by atoms with Gasteiger partial charge in [0.2, 0.25) is 0 Å². The molecule has 3 nitrogen and oxygen atoms in total. The van der Waals surface area contributed by atoms with Crippen LogP contribution in [0.25, 0.3) is 0 Å². The molecule has 0 rings (SSSR count). The Kier molecular flexibility index (Phi) is 6.34. The summed E-state index contributed by atoms with van der Waals surface area (Å²) in [5.41, 5.74) is 5.52. The molecule has 3 heteroatoms. The van der Waals surface area contributed by atoms with Gasteiger partial charge < -0.3 is 15.6 Å². The first-order chi connectivity index (χ1) is 5.67. The van der Waals surface area contributed by atoms with E-state index in [0.717, 1.165) is 6.42 Å². The van der Waals surface area contributed by atoms with Gasteiger partial charge in [-0.25, -0.2) is 0 Å². The first-order valence-electron chi connectivity index (χ1n) is 4.54. The zero-order chi connectivity index (χ0) is 9.56. The molecule has 0 aromatic carbocycles. The number of hydrogen-bond acceptors (Lipinski definition) is 3. The van der Waals surface area contributed by atoms with Crippen molar-refractivity contribution in [3.63, 3.8) is 0 Å². The van der Waals surface area contributed by atoms with Crippen LogP contribution in [0.1, 0.15) is 20.3 Å². The number of ether oxygens (including phenoxy) is 1. The lowest BCUT2D eigenvalue weighted by molar-refractivity contribution is 0.0197. The summed E-state index contributed by atoms with van der Waals surface area (Å²) in [5, 5.41) is 9.75. The van der Waals surface area contributed by atoms with Crippen molar-refractivity contribution >= 4 is 0 Å². The van der Waals surface area contributed by atoms with E-state index in [2.05, 4.69) is 0 Å². The molecule has 0 aromatic rings. The highest BCUT2D eigenvalue weighted by atomic mass is 16.5. The van der Waals surface area contributed by atoms with Crippen LogP contribution in [0.4, 0.5) is 0 Å². The van der Waals surface area contributed by atoms with Gasteiger partial charge in [0.1, 0.15) is 0 Å². The highest BCUT2D eigenvalue weighted by molar-refractivity contribution is 4.73. The van der Waals surface area contributed by atoms with E-state index in [1.54, 1.807) is 7.11 Å². The Morgan fingerprint density at radius 1 is 1.50 bits per heavy atom. The van der Waals surface area contributed by atoms with Crippen molar-refractivity contribution in [2.45, 2.75) is 26.4 Å². The third-order valence-electron chi connectivity index (χ3n) is 2.32. The van der Waals surface area contributed by atoms with Crippen LogP contribution >= 0.6 is 0 Å². The van der Waals surface area contributed by atoms with Crippen LogP contribution in [-0.2, 0) is 4.74 Å². The van der Waals surface area contributed by atoms with Gasteiger partial charge in [0, 0.05) is 13.0 Å². The van der Waals surface area contributed by atoms with Crippen LogP contribution in [-0.4, -0.2) is 31.5 Å². The molecule has 0 aliphatic carbocycles. The molecule has 12 heavy (non-hydrogen) atoms. The van der Waals surface area contributed by atoms with Gasteiger partial charge in [-0.05, 0) is 18.9 Å². The molecule has 74 valence electrons. The van der Waals surface area contributed by atoms with Crippen molar-refractivity contribution in [2.75, 3.05) is 20.3 Å². The number of rotatable bonds is 6. The zero-order valence-electron chi connectivity index (χ0n) is 8.29. The predicted molar refractivity (Wildman–Crippen MR) is 49.9 cm³/mol. The monoisotopic (exact) mass is 175 g/mol. The summed E-state index contributed by atoms with van der Waals surface area (Å²) in [6.45, 7) is 5.16. The molecule has 0 amide bonds. The number of hydrogen-bond donors (Lipinski definition) is 2. The third-order valence-corrected chi connectivity index (χ3v) is 2.32. The van der Waals surface area contributed by atoms with Crippen molar-refractivity contribution in [2.24, 2.45) is 17.6 Å². The Labute approximate surface area is 74.9 Å². The molecule has 0 bridgehead atoms. The summed E-state index contributed by atoms with van der Waals surface area (Å²) in [7, 11) is 1.65. The van der Waals surface area contributed by atoms with E-state index in [-0.39, 0.29) is 17.9 Å². The lowest BCUT2D eigenvalue weighted by Gasteiger charge is -2.25. The first-order valence-corrected chi connectivity index (χ1v) is 4.54. The fourth-order valence-electron chi connectivity index (χ4n) is 1.37. The molecule has 0 radical (unpaired) electrons. The standard InChI is InChI=1S/C9H21NO2/c1-4-8(5-10)9(11)7(2)6-12-3/h7-9,11H,4-6,10H2,1-3H3. The zero-order valence-corrected chi connectivity index (χ0v) is 8.29. The molecule has 0 heterocycles. The summed E-state index contributed by atoms with van der Waals surface area (Å²) < 4.78 is 4.96. The van der Waals surface area contributed by atoms with Crippen LogP contribution in [0.5, 0.6) is 0 Å². The van der Waals surface area contributed by atoms with Gasteiger partial charge in [-0.1, -0.05) is 13.8 Å². The van der Waals surface area contributed by atoms with Crippen molar-refractivity contribution in [1.82, 2.24) is 0 Å². The van der Waals surface area contributed by atoms with E-state index in [9.17, 15) is 5.11 Å². The Morgan fingerprint density at radius 3 is 2.42 bits per heavy atom. The average Bonchev–Trinajstić information content (AvgIpc) is 2.07. The molecule has 0 saturated carbocycles. The molecule has 3 atom stereocenters. The van der Waals surface area contributed by atoms with E-state index in [1.165, 1.54) is 0 Å². The Bertz CT molecular complexity index is 105. The second-order valence-corrected chi connectivity index (χ2v) is 3.33. The van der Waals surface area contributed by atoms with E-state index in [0.29, 0.717) is 13.2 Å². The topological polar surface area (TPSA) is 55.5 Å². The van der Waals surface area contributed by atoms with Gasteiger partial charge >= 0.3 is 0 Å². The molecule has 3 unspecified atom stereocenters. The minimum absolute atomic E-state index is 0.170. The predicted octanol–water partition coefficient (Wildman–Crippen LogP) is 0.615. The molecular weight excluding hydrogens is 154 g/mol. The van der Waals surface area contributed by atoms with E-state index < -0.39 is 0 Å². The lowest BCUT2D eigenvalue weighted by atomic mass is 9.91. The maximum absolute atomic E-state index is 9.75. The largest absolute Gasteiger partial charge is 0.392 e. The smallest absolute Gasteiger partial charge is 0.0627 e. The van der Waals surface area contributed by atoms with Crippen LogP contribution in [0, 0.1) is 11.8 Å². The Balaban J connectivity index is 3.87. The summed E-state index contributed by atoms with van der Waals surface area (Å²) in [6, 6.07) is 0. The summed E-state index contributed by atoms with van der Waals surface area (Å²) in [5.74, 6) is 0.374. The Hall–Kier alpha value is -0.120. The number of aliphatic hydroxyl groups excluding tert-OH is 1. The van der Waals surface area contributed by atoms with Gasteiger partial charge in [-0.2, -0.15) is 0 Å². The van der Waals surface area contributed by atoms with Crippen molar-refractivity contribution < 1.29 is 9.84 Å². The molecular formula is C9H21NO2. The molecule has 3 N–H and O–H groups in total. The quantitative estimate of drug-likeness (QED) is 0.622. The molecule has 0 aliphatic rings. The second kappa shape index (κ2) is 6.40. The molecule has 0 aliphatic heterocycles. The average molecular weight is 175 g/mol. The summed E-state index contributed by atoms with van der Waals surface area (Å²) in [6.07, 6.45) is 0.589. The highest BCUT2D eigenvalue weighted by Crippen LogP contribution is 2.15. The Morgan fingerprint density at radius 2 is 2.08 bits per heavy atom. The third kappa shape index (κ3) is 3.52. The molecule has 0 saturated heterocycles. The van der Waals surface area contributed by atoms with Crippen LogP contribution in [0.2, 0.25) is 0 Å². The molecule has 0 aromatic heterocycles. The first kappa shape index (κ1) is 11.9. The molecule has 0 fully saturated rings. The normalized spacial score (nSPS) is 18.8. The second-order valence-electron chi connectivity index (χ2n) is 3.33. The fraction of sp³-hybridized carbons (Fsp3) is 1.00. The molecule has 0 spiro atoms. The maximum Gasteiger partial charge on any atom is 0.0627 e. The van der Waals surface area contributed by atoms with Crippen molar-refractivity contribution in [3.8, 4) is 0 Å². The van der Waals surface area contributed by atoms with E-state index >= 15 is 0 Å². The van der Waals surface area contributed by atoms with Gasteiger partial charge in [0.15, 0.2) is 0 Å². The maximum atomic E-state index is 9.75. The fourth-order valence-corrected chi connectivity index (χ4v) is 1.37. The van der Waals surface area contributed by atoms with Gasteiger partial charge in [0.25, 0.3) is 0 Å². The number of methoxy groups -OCH3 is 1. The van der Waals surface area contributed by atoms with Crippen LogP contribution in [0.15, 0.2) is 0 Å². The number of aliphatic hydroxyl groups is 1. The van der Waals surface area contributed by atoms with Gasteiger partial charge in [-0.3, -0.25) is 0 Å².